The Balaban J connectivity index is 1.60. The van der Waals surface area contributed by atoms with Gasteiger partial charge < -0.3 is 14.4 Å². The van der Waals surface area contributed by atoms with E-state index in [2.05, 4.69) is 31.0 Å². The Kier molecular flexibility index (Phi) is 5.19. The number of ether oxygens (including phenoxy) is 2. The molecule has 3 rings (SSSR count). The van der Waals surface area contributed by atoms with E-state index in [0.29, 0.717) is 6.04 Å². The lowest BCUT2D eigenvalue weighted by Crippen LogP contribution is -2.26. The summed E-state index contributed by atoms with van der Waals surface area (Å²) in [5, 5.41) is 0. The summed E-state index contributed by atoms with van der Waals surface area (Å²) in [4.78, 5) is 2.43. The standard InChI is InChI=1S/C20H25NO2/c1-16-9-11-18(12-10-16)23-20-8-4-3-7-19(20)22-15-13-17-6-5-14-21(17)2/h3-4,7-12,17H,5-6,13-15H2,1-2H3/t17-/m1/s1. The molecule has 0 amide bonds. The quantitative estimate of drug-likeness (QED) is 0.775. The predicted octanol–water partition coefficient (Wildman–Crippen LogP) is 4.65. The lowest BCUT2D eigenvalue weighted by atomic mass is 10.1. The van der Waals surface area contributed by atoms with Crippen LogP contribution >= 0.6 is 0 Å². The summed E-state index contributed by atoms with van der Waals surface area (Å²) in [5.41, 5.74) is 1.22. The van der Waals surface area contributed by atoms with Crippen molar-refractivity contribution in [3.8, 4) is 17.2 Å². The second-order valence-corrected chi connectivity index (χ2v) is 6.28. The molecule has 1 heterocycles. The molecule has 0 aromatic heterocycles. The zero-order chi connectivity index (χ0) is 16.1. The van der Waals surface area contributed by atoms with Crippen molar-refractivity contribution in [3.63, 3.8) is 0 Å². The van der Waals surface area contributed by atoms with Gasteiger partial charge >= 0.3 is 0 Å². The van der Waals surface area contributed by atoms with Crippen molar-refractivity contribution >= 4 is 0 Å². The third-order valence-corrected chi connectivity index (χ3v) is 4.48. The molecule has 3 nitrogen and oxygen atoms in total. The highest BCUT2D eigenvalue weighted by Crippen LogP contribution is 2.31. The first-order valence-corrected chi connectivity index (χ1v) is 8.39. The number of para-hydroxylation sites is 2. The molecule has 0 radical (unpaired) electrons. The fourth-order valence-corrected chi connectivity index (χ4v) is 3.04. The second kappa shape index (κ2) is 7.51. The fourth-order valence-electron chi connectivity index (χ4n) is 3.04. The van der Waals surface area contributed by atoms with E-state index in [4.69, 9.17) is 9.47 Å². The van der Waals surface area contributed by atoms with Crippen molar-refractivity contribution in [1.29, 1.82) is 0 Å². The van der Waals surface area contributed by atoms with Crippen LogP contribution in [0.4, 0.5) is 0 Å². The van der Waals surface area contributed by atoms with E-state index >= 15 is 0 Å². The molecule has 0 unspecified atom stereocenters. The number of rotatable bonds is 6. The third-order valence-electron chi connectivity index (χ3n) is 4.48. The Labute approximate surface area is 138 Å². The van der Waals surface area contributed by atoms with E-state index in [9.17, 15) is 0 Å². The van der Waals surface area contributed by atoms with E-state index in [0.717, 1.165) is 30.3 Å². The fraction of sp³-hybridized carbons (Fsp3) is 0.400. The Morgan fingerprint density at radius 3 is 2.48 bits per heavy atom. The van der Waals surface area contributed by atoms with Gasteiger partial charge in [-0.25, -0.2) is 0 Å². The topological polar surface area (TPSA) is 21.7 Å². The molecule has 2 aromatic rings. The summed E-state index contributed by atoms with van der Waals surface area (Å²) in [7, 11) is 2.20. The largest absolute Gasteiger partial charge is 0.490 e. The van der Waals surface area contributed by atoms with Crippen LogP contribution in [0, 0.1) is 6.92 Å². The molecule has 23 heavy (non-hydrogen) atoms. The summed E-state index contributed by atoms with van der Waals surface area (Å²) in [6.07, 6.45) is 3.64. The van der Waals surface area contributed by atoms with Crippen molar-refractivity contribution < 1.29 is 9.47 Å². The monoisotopic (exact) mass is 311 g/mol. The van der Waals surface area contributed by atoms with Gasteiger partial charge in [0.25, 0.3) is 0 Å². The molecular formula is C20H25NO2. The van der Waals surface area contributed by atoms with Gasteiger partial charge in [-0.3, -0.25) is 0 Å². The van der Waals surface area contributed by atoms with Crippen LogP contribution in [0.2, 0.25) is 0 Å². The minimum atomic E-state index is 0.653. The number of likely N-dealkylation sites (tertiary alicyclic amines) is 1. The van der Waals surface area contributed by atoms with Crippen LogP contribution in [0.3, 0.4) is 0 Å². The average molecular weight is 311 g/mol. The van der Waals surface area contributed by atoms with Gasteiger partial charge in [0.1, 0.15) is 5.75 Å². The van der Waals surface area contributed by atoms with Crippen LogP contribution in [-0.2, 0) is 0 Å². The molecule has 1 aliphatic heterocycles. The van der Waals surface area contributed by atoms with Crippen molar-refractivity contribution in [2.75, 3.05) is 20.2 Å². The van der Waals surface area contributed by atoms with Gasteiger partial charge in [-0.05, 0) is 64.0 Å². The smallest absolute Gasteiger partial charge is 0.169 e. The van der Waals surface area contributed by atoms with Gasteiger partial charge in [-0.15, -0.1) is 0 Å². The number of hydrogen-bond donors (Lipinski definition) is 0. The molecule has 3 heteroatoms. The van der Waals surface area contributed by atoms with Crippen molar-refractivity contribution in [1.82, 2.24) is 4.90 Å². The van der Waals surface area contributed by atoms with Gasteiger partial charge in [-0.2, -0.15) is 0 Å². The third kappa shape index (κ3) is 4.26. The van der Waals surface area contributed by atoms with Crippen LogP contribution in [0.15, 0.2) is 48.5 Å². The van der Waals surface area contributed by atoms with E-state index < -0.39 is 0 Å². The van der Waals surface area contributed by atoms with E-state index in [1.807, 2.05) is 36.4 Å². The Bertz CT molecular complexity index is 624. The number of nitrogens with zero attached hydrogens (tertiary/aromatic N) is 1. The SMILES string of the molecule is Cc1ccc(Oc2ccccc2OCC[C@H]2CCCN2C)cc1. The maximum Gasteiger partial charge on any atom is 0.169 e. The molecule has 0 saturated carbocycles. The summed E-state index contributed by atoms with van der Waals surface area (Å²) >= 11 is 0. The molecule has 0 bridgehead atoms. The average Bonchev–Trinajstić information content (AvgIpc) is 2.96. The number of hydrogen-bond acceptors (Lipinski definition) is 3. The van der Waals surface area contributed by atoms with Crippen LogP contribution in [0.5, 0.6) is 17.2 Å². The zero-order valence-corrected chi connectivity index (χ0v) is 14.0. The number of benzene rings is 2. The molecule has 1 saturated heterocycles. The molecule has 122 valence electrons. The summed E-state index contributed by atoms with van der Waals surface area (Å²) in [6, 6.07) is 16.6. The lowest BCUT2D eigenvalue weighted by Gasteiger charge is -2.19. The summed E-state index contributed by atoms with van der Waals surface area (Å²) in [5.74, 6) is 2.42. The highest BCUT2D eigenvalue weighted by molar-refractivity contribution is 5.43. The first kappa shape index (κ1) is 15.9. The molecular weight excluding hydrogens is 286 g/mol. The molecule has 2 aromatic carbocycles. The van der Waals surface area contributed by atoms with Gasteiger partial charge in [-0.1, -0.05) is 29.8 Å². The van der Waals surface area contributed by atoms with Crippen molar-refractivity contribution in [3.05, 3.63) is 54.1 Å². The molecule has 0 aliphatic carbocycles. The van der Waals surface area contributed by atoms with Crippen LogP contribution < -0.4 is 9.47 Å². The maximum absolute atomic E-state index is 5.99. The predicted molar refractivity (Wildman–Crippen MR) is 93.5 cm³/mol. The summed E-state index contributed by atoms with van der Waals surface area (Å²) in [6.45, 7) is 4.00. The van der Waals surface area contributed by atoms with Crippen LogP contribution in [0.25, 0.3) is 0 Å². The van der Waals surface area contributed by atoms with E-state index in [1.54, 1.807) is 0 Å². The van der Waals surface area contributed by atoms with Gasteiger partial charge in [0, 0.05) is 6.04 Å². The Hall–Kier alpha value is -2.00. The maximum atomic E-state index is 5.99. The number of aryl methyl sites for hydroxylation is 1. The van der Waals surface area contributed by atoms with Gasteiger partial charge in [0.05, 0.1) is 6.61 Å². The van der Waals surface area contributed by atoms with E-state index in [1.165, 1.54) is 24.9 Å². The molecule has 1 aliphatic rings. The van der Waals surface area contributed by atoms with Gasteiger partial charge in [0.15, 0.2) is 11.5 Å². The van der Waals surface area contributed by atoms with Gasteiger partial charge in [0.2, 0.25) is 0 Å². The molecule has 0 N–H and O–H groups in total. The first-order chi connectivity index (χ1) is 11.2. The minimum Gasteiger partial charge on any atom is -0.490 e. The first-order valence-electron chi connectivity index (χ1n) is 8.39. The Morgan fingerprint density at radius 1 is 1.04 bits per heavy atom. The Morgan fingerprint density at radius 2 is 1.78 bits per heavy atom. The van der Waals surface area contributed by atoms with E-state index in [-0.39, 0.29) is 0 Å². The minimum absolute atomic E-state index is 0.653. The molecule has 0 spiro atoms. The van der Waals surface area contributed by atoms with Crippen LogP contribution in [-0.4, -0.2) is 31.1 Å². The van der Waals surface area contributed by atoms with Crippen molar-refractivity contribution in [2.45, 2.75) is 32.2 Å². The lowest BCUT2D eigenvalue weighted by molar-refractivity contribution is 0.229. The van der Waals surface area contributed by atoms with Crippen LogP contribution in [0.1, 0.15) is 24.8 Å². The normalized spacial score (nSPS) is 18.1. The zero-order valence-electron chi connectivity index (χ0n) is 14.0. The van der Waals surface area contributed by atoms with Crippen molar-refractivity contribution in [2.24, 2.45) is 0 Å². The highest BCUT2D eigenvalue weighted by atomic mass is 16.5. The highest BCUT2D eigenvalue weighted by Gasteiger charge is 2.20. The second-order valence-electron chi connectivity index (χ2n) is 6.28. The molecule has 1 fully saturated rings. The summed E-state index contributed by atoms with van der Waals surface area (Å²) < 4.78 is 12.0. The molecule has 1 atom stereocenters.